The average Bonchev–Trinajstić information content (AvgIpc) is 1.62. The van der Waals surface area contributed by atoms with Crippen LogP contribution >= 0.6 is 40.5 Å². The van der Waals surface area contributed by atoms with Gasteiger partial charge in [0.1, 0.15) is 52.6 Å². The van der Waals surface area contributed by atoms with Crippen molar-refractivity contribution in [1.29, 1.82) is 0 Å². The molecule has 0 bridgehead atoms. The normalized spacial score (nSPS) is 12.2. The number of carbonyl (C=O) groups is 10. The Bertz CT molecular complexity index is 4940. The molecule has 9 N–H and O–H groups in total. The molecule has 0 aliphatic carbocycles. The van der Waals surface area contributed by atoms with Gasteiger partial charge in [-0.25, -0.2) is 29.1 Å². The number of aliphatic carboxylic acids is 1. The van der Waals surface area contributed by atoms with Gasteiger partial charge in [-0.1, -0.05) is 191 Å². The second-order valence-corrected chi connectivity index (χ2v) is 41.1. The Kier molecular flexibility index (Phi) is 72.2. The number of nitrogens with zero attached hydrogens (tertiary/aromatic N) is 9. The van der Waals surface area contributed by atoms with E-state index < -0.39 is 125 Å². The van der Waals surface area contributed by atoms with Gasteiger partial charge in [0.25, 0.3) is 11.8 Å². The molecule has 30 nitrogen and oxygen atoms in total. The van der Waals surface area contributed by atoms with Gasteiger partial charge in [0.05, 0.1) is 24.0 Å². The minimum absolute atomic E-state index is 0. The molecule has 0 unspecified atom stereocenters. The number of rotatable bonds is 17. The Morgan fingerprint density at radius 3 is 1.01 bits per heavy atom. The zero-order chi connectivity index (χ0) is 108. The Hall–Kier alpha value is -9.60. The first-order valence-electron chi connectivity index (χ1n) is 44.6. The molecule has 0 fully saturated rings. The third-order valence-electron chi connectivity index (χ3n) is 18.7. The van der Waals surface area contributed by atoms with Crippen LogP contribution in [0.25, 0.3) is 22.8 Å². The molecule has 143 heavy (non-hydrogen) atoms. The zero-order valence-electron chi connectivity index (χ0n) is 89.8. The molecule has 5 atom stereocenters. The molecule has 48 heteroatoms. The van der Waals surface area contributed by atoms with Crippen LogP contribution in [0.4, 0.5) is 14.4 Å². The second-order valence-electron chi connectivity index (χ2n) is 41.1. The summed E-state index contributed by atoms with van der Waals surface area (Å²) in [4.78, 5) is 139. The Balaban J connectivity index is -0.000000254. The number of alkyl carbamates (subject to hydrolysis) is 2. The molecule has 0 saturated heterocycles. The highest BCUT2D eigenvalue weighted by Crippen LogP contribution is 2.32. The topological polar surface area (TPSA) is 369 Å². The number of fused-ring (bicyclic) bond motifs is 2. The van der Waals surface area contributed by atoms with Crippen LogP contribution in [0.3, 0.4) is 0 Å². The molecule has 2 aliphatic rings. The number of imidazole rings is 2. The maximum Gasteiger partial charge on any atom is 0.410 e. The number of hydrogen-bond acceptors (Lipinski definition) is 18. The van der Waals surface area contributed by atoms with E-state index in [1.54, 1.807) is 124 Å². The molecule has 9 amide bonds. The number of carboxylic acids is 1. The maximum atomic E-state index is 13.6. The smallest absolute Gasteiger partial charge is 0.410 e. The number of nitrogens with one attached hydrogen (secondary N) is 6. The highest BCUT2D eigenvalue weighted by molar-refractivity contribution is 8.05. The van der Waals surface area contributed by atoms with Crippen LogP contribution in [-0.2, 0) is 64.4 Å². The van der Waals surface area contributed by atoms with Crippen LogP contribution in [0, 0.1) is 27.1 Å². The Labute approximate surface area is 892 Å². The molecule has 2 aliphatic heterocycles. The van der Waals surface area contributed by atoms with E-state index in [9.17, 15) is 47.9 Å². The summed E-state index contributed by atoms with van der Waals surface area (Å²) in [6.45, 7) is 54.1. The van der Waals surface area contributed by atoms with Gasteiger partial charge in [0.15, 0.2) is 11.4 Å². The summed E-state index contributed by atoms with van der Waals surface area (Å²) in [6, 6.07) is 16.1. The minimum atomic E-state index is -1.07. The lowest BCUT2D eigenvalue weighted by Crippen LogP contribution is -2.67. The zero-order valence-corrected chi connectivity index (χ0v) is 92.8. The number of amides is 9. The number of hydrogen-bond donors (Lipinski definition) is 8. The Morgan fingerprint density at radius 1 is 0.455 bits per heavy atom. The van der Waals surface area contributed by atoms with E-state index in [2.05, 4.69) is 127 Å². The quantitative estimate of drug-likeness (QED) is 0.0282. The summed E-state index contributed by atoms with van der Waals surface area (Å²) in [5.74, 6) is -0.881. The van der Waals surface area contributed by atoms with Crippen molar-refractivity contribution < 1.29 is 67.3 Å². The number of benzene rings is 2. The summed E-state index contributed by atoms with van der Waals surface area (Å²) < 4.78 is 19.8. The van der Waals surface area contributed by atoms with Crippen LogP contribution in [0.2, 0.25) is 0 Å². The molecular formula is C95H156B15N16O14S3. The number of nitrogens with two attached hydrogens (primary N) is 1. The molecule has 19 radical (unpaired) electrons. The lowest BCUT2D eigenvalue weighted by atomic mass is 8.53. The summed E-state index contributed by atoms with van der Waals surface area (Å²) in [5.41, 5.74) is 30.2. The van der Waals surface area contributed by atoms with Crippen LogP contribution in [-0.4, -0.2) is 348 Å². The summed E-state index contributed by atoms with van der Waals surface area (Å²) in [6.07, 6.45) is -4.95. The van der Waals surface area contributed by atoms with Gasteiger partial charge in [-0.15, -0.1) is 0 Å². The lowest BCUT2D eigenvalue weighted by molar-refractivity contribution is -0.142. The number of carbonyl (C=O) groups excluding carboxylic acids is 9. The van der Waals surface area contributed by atoms with Crippen molar-refractivity contribution in [3.05, 3.63) is 154 Å². The van der Waals surface area contributed by atoms with Crippen LogP contribution in [0.15, 0.2) is 131 Å². The lowest BCUT2D eigenvalue weighted by Gasteiger charge is -2.33. The number of ether oxygens (including phenoxy) is 3. The summed E-state index contributed by atoms with van der Waals surface area (Å²) >= 11 is 0. The van der Waals surface area contributed by atoms with Gasteiger partial charge in [0, 0.05) is 209 Å². The first kappa shape index (κ1) is 149. The number of likely N-dealkylation sites (N-methyl/N-ethyl adjacent to an activating group) is 4. The molecule has 4 aromatic rings. The van der Waals surface area contributed by atoms with Gasteiger partial charge in [-0.3, -0.25) is 28.8 Å². The van der Waals surface area contributed by atoms with Gasteiger partial charge >= 0.3 is 24.2 Å². The minimum Gasteiger partial charge on any atom is -0.480 e. The SMILES string of the molecule is C.C.C=C=C=C=C=C=C=C=C=C=C=C.CC(C)(C)OC(=O)N[C@H](C(=O)O)C(C)(C)C.CN(C)C(=O)[C@@H](N)C(C)(C)C.CN(C)C(=O)[C@@H](NC(=O)OC(C)(C)C)C(C)(C)C.CN(C)C(=O)[C@@H](NC(=O)c1nc(-c2ccccc2)n2c1CN(C(=O)OC(C)(C)C)CC2)C(C)(C)C.CN(C)C(=O)[C@@H](NC(=O)c1nc(-c2ccccc2)n2c1CNCC2)C(C)(C)C.CNC.S.S.S.[B]B([B])B([B])B(B([B])[B])B([B])[B].[B][B][B]. The van der Waals surface area contributed by atoms with E-state index in [1.165, 1.54) is 19.6 Å². The third kappa shape index (κ3) is 58.4. The fraction of sp³-hybridized carbons (Fsp3) is 0.579. The van der Waals surface area contributed by atoms with Crippen LogP contribution in [0.5, 0.6) is 0 Å². The van der Waals surface area contributed by atoms with E-state index in [0.717, 1.165) is 42.8 Å². The largest absolute Gasteiger partial charge is 0.480 e. The standard InChI is InChI=1S/C26H37N5O4.C21H29N5O2.C13H26N2O3.C12H4.C11H21NO4.C8H18N2O.C2H7N.2CH4.B12.B3.3H2S/c1-25(2,3)20(23(33)29(7)8)28-22(32)19-18-16-30(24(34)35-26(4,5)6)14-15-31(18)21(27-19)17-12-10-9-11-13-17;1-21(2,3)17(20(28)25(4)5)24-19(27)16-15-13-22-11-12-26(15)18(23-16)14-9-7-6-8-10-14;1-12(2,3)9(10(16)15(7)8)14-11(17)18-13(4,5)6;1-3-5-7-9-11-12-10-8-6-4-2;1-10(2,3)7(8(13)14)12-9(15)16-11(4,5)6;1-8(2,3)6(9)7(11)10(4)5;1-3-2;;;1-8(2)11(7)12(9(3)4)10(5)6;1-3-2;;;/h9-13,20H,14-16H2,1-8H3,(H,28,32);6-10,17,22H,11-13H2,1-5H3,(H,24,27);9H,1-8H3,(H,14,17);1-2H2;7H,1-6H3,(H,12,15)(H,13,14);6H,9H2,1-5H3;3H,1-2H3;2*1H4;;;3*1H2/t20-;17-;9-;;7-;6-;;;;;;;;/m111.11......../s1. The highest BCUT2D eigenvalue weighted by Gasteiger charge is 2.42. The van der Waals surface area contributed by atoms with Gasteiger partial charge < -0.3 is 90.6 Å². The van der Waals surface area contributed by atoms with E-state index in [0.29, 0.717) is 36.8 Å². The third-order valence-corrected chi connectivity index (χ3v) is 18.7. The summed E-state index contributed by atoms with van der Waals surface area (Å²) in [5, 5.41) is 25.9. The fourth-order valence-electron chi connectivity index (χ4n) is 11.7. The predicted molar refractivity (Wildman–Crippen MR) is 612 cm³/mol. The van der Waals surface area contributed by atoms with E-state index in [1.807, 2.05) is 183 Å². The molecule has 2 aromatic carbocycles. The van der Waals surface area contributed by atoms with Crippen molar-refractivity contribution in [2.75, 3.05) is 83.6 Å². The number of carboxylic acid groups (broad SMARTS) is 1. The molecule has 763 valence electrons. The van der Waals surface area contributed by atoms with Gasteiger partial charge in [-0.05, 0) is 162 Å². The van der Waals surface area contributed by atoms with Gasteiger partial charge in [0.2, 0.25) is 23.6 Å². The van der Waals surface area contributed by atoms with Crippen molar-refractivity contribution in [3.63, 3.8) is 0 Å². The van der Waals surface area contributed by atoms with Gasteiger partial charge in [-0.2, -0.15) is 40.5 Å². The molecule has 2 aromatic heterocycles. The van der Waals surface area contributed by atoms with E-state index in [-0.39, 0.29) is 108 Å². The van der Waals surface area contributed by atoms with Crippen molar-refractivity contribution >= 4 is 209 Å². The number of aromatic nitrogens is 4. The van der Waals surface area contributed by atoms with Crippen molar-refractivity contribution in [2.24, 2.45) is 32.8 Å². The van der Waals surface area contributed by atoms with E-state index >= 15 is 0 Å². The van der Waals surface area contributed by atoms with E-state index in [4.69, 9.17) is 84.2 Å². The first-order chi connectivity index (χ1) is 63.0. The Morgan fingerprint density at radius 2 is 0.748 bits per heavy atom. The van der Waals surface area contributed by atoms with Crippen LogP contribution < -0.4 is 37.6 Å². The monoisotopic (exact) mass is 2010 g/mol. The fourth-order valence-corrected chi connectivity index (χ4v) is 11.7. The van der Waals surface area contributed by atoms with Crippen molar-refractivity contribution in [3.8, 4) is 22.8 Å². The molecule has 0 saturated carbocycles. The summed E-state index contributed by atoms with van der Waals surface area (Å²) in [7, 11) is 65.1. The molecule has 0 spiro atoms. The van der Waals surface area contributed by atoms with Crippen LogP contribution in [0.1, 0.15) is 213 Å². The van der Waals surface area contributed by atoms with Crippen molar-refractivity contribution in [1.82, 2.24) is 75.5 Å². The first-order valence-corrected chi connectivity index (χ1v) is 44.6. The second kappa shape index (κ2) is 69.5. The molecular weight excluding hydrogens is 1850 g/mol. The highest BCUT2D eigenvalue weighted by atomic mass is 32.1. The molecule has 6 rings (SSSR count). The average molecular weight is 2000 g/mol. The van der Waals surface area contributed by atoms with Crippen molar-refractivity contribution in [2.45, 2.75) is 254 Å². The maximum absolute atomic E-state index is 13.6. The molecule has 4 heterocycles. The predicted octanol–water partition coefficient (Wildman–Crippen LogP) is 7.98.